The van der Waals surface area contributed by atoms with Gasteiger partial charge in [0.25, 0.3) is 0 Å². The van der Waals surface area contributed by atoms with Gasteiger partial charge in [0.2, 0.25) is 5.91 Å². The fraction of sp³-hybridized carbons (Fsp3) is 0.500. The summed E-state index contributed by atoms with van der Waals surface area (Å²) in [6.45, 7) is 3.93. The minimum Gasteiger partial charge on any atom is -0.398 e. The van der Waals surface area contributed by atoms with E-state index in [0.717, 1.165) is 30.8 Å². The van der Waals surface area contributed by atoms with Crippen molar-refractivity contribution in [2.45, 2.75) is 25.0 Å². The third-order valence-corrected chi connectivity index (χ3v) is 4.72. The predicted molar refractivity (Wildman–Crippen MR) is 77.7 cm³/mol. The van der Waals surface area contributed by atoms with Gasteiger partial charge in [-0.1, -0.05) is 25.1 Å². The Bertz CT molecular complexity index is 422. The van der Waals surface area contributed by atoms with E-state index in [4.69, 9.17) is 5.73 Å². The van der Waals surface area contributed by atoms with E-state index in [9.17, 15) is 4.79 Å². The van der Waals surface area contributed by atoms with E-state index in [1.165, 1.54) is 0 Å². The minimum absolute atomic E-state index is 0.201. The lowest BCUT2D eigenvalue weighted by Crippen LogP contribution is -2.42. The predicted octanol–water partition coefficient (Wildman–Crippen LogP) is 2.17. The molecule has 2 rings (SSSR count). The van der Waals surface area contributed by atoms with Crippen LogP contribution in [0.3, 0.4) is 0 Å². The summed E-state index contributed by atoms with van der Waals surface area (Å²) in [7, 11) is 0. The van der Waals surface area contributed by atoms with Gasteiger partial charge < -0.3 is 10.6 Å². The molecule has 0 aliphatic carbocycles. The number of carbonyl (C=O) groups is 1. The first-order chi connectivity index (χ1) is 8.70. The Morgan fingerprint density at radius 3 is 3.00 bits per heavy atom. The molecule has 1 atom stereocenters. The van der Waals surface area contributed by atoms with Crippen LogP contribution in [0, 0.1) is 0 Å². The van der Waals surface area contributed by atoms with Gasteiger partial charge in [-0.25, -0.2) is 0 Å². The molecule has 98 valence electrons. The molecular weight excluding hydrogens is 244 g/mol. The van der Waals surface area contributed by atoms with Crippen LogP contribution in [0.5, 0.6) is 0 Å². The maximum atomic E-state index is 12.2. The molecule has 0 saturated carbocycles. The molecule has 0 radical (unpaired) electrons. The second-order valence-corrected chi connectivity index (χ2v) is 6.02. The third kappa shape index (κ3) is 3.19. The van der Waals surface area contributed by atoms with Crippen LogP contribution >= 0.6 is 11.8 Å². The first-order valence-electron chi connectivity index (χ1n) is 6.43. The molecular formula is C14H20N2OS. The zero-order chi connectivity index (χ0) is 13.0. The lowest BCUT2D eigenvalue weighted by molar-refractivity contribution is -0.130. The van der Waals surface area contributed by atoms with Crippen LogP contribution in [0.25, 0.3) is 0 Å². The maximum absolute atomic E-state index is 12.2. The van der Waals surface area contributed by atoms with Crippen molar-refractivity contribution < 1.29 is 4.79 Å². The van der Waals surface area contributed by atoms with Crippen LogP contribution in [0.4, 0.5) is 5.69 Å². The van der Waals surface area contributed by atoms with Crippen molar-refractivity contribution in [3.8, 4) is 0 Å². The zero-order valence-electron chi connectivity index (χ0n) is 10.8. The van der Waals surface area contributed by atoms with E-state index in [2.05, 4.69) is 6.92 Å². The number of carbonyl (C=O) groups excluding carboxylic acids is 1. The summed E-state index contributed by atoms with van der Waals surface area (Å²) in [5.74, 6) is 1.25. The molecule has 1 aromatic carbocycles. The summed E-state index contributed by atoms with van der Waals surface area (Å²) in [5.41, 5.74) is 7.53. The lowest BCUT2D eigenvalue weighted by Gasteiger charge is -2.32. The first kappa shape index (κ1) is 13.3. The molecule has 1 aliphatic heterocycles. The van der Waals surface area contributed by atoms with Gasteiger partial charge in [0.05, 0.1) is 6.42 Å². The third-order valence-electron chi connectivity index (χ3n) is 3.34. The molecule has 0 spiro atoms. The molecule has 3 nitrogen and oxygen atoms in total. The number of rotatable bonds is 3. The van der Waals surface area contributed by atoms with Gasteiger partial charge in [0.1, 0.15) is 0 Å². The Kier molecular flexibility index (Phi) is 4.53. The van der Waals surface area contributed by atoms with Gasteiger partial charge in [0.15, 0.2) is 0 Å². The number of nitrogens with two attached hydrogens (primary N) is 1. The van der Waals surface area contributed by atoms with Crippen molar-refractivity contribution in [3.63, 3.8) is 0 Å². The van der Waals surface area contributed by atoms with Crippen molar-refractivity contribution in [2.24, 2.45) is 0 Å². The molecule has 18 heavy (non-hydrogen) atoms. The average molecular weight is 264 g/mol. The van der Waals surface area contributed by atoms with E-state index in [0.29, 0.717) is 17.4 Å². The number of benzene rings is 1. The number of nitrogen functional groups attached to an aromatic ring is 1. The Balaban J connectivity index is 1.97. The Labute approximate surface area is 113 Å². The standard InChI is InChI=1S/C14H20N2OS/c1-2-12-10-16(7-8-18-12)14(17)9-11-5-3-4-6-13(11)15/h3-6,12H,2,7-10,15H2,1H3. The summed E-state index contributed by atoms with van der Waals surface area (Å²) < 4.78 is 0. The summed E-state index contributed by atoms with van der Waals surface area (Å²) in [4.78, 5) is 14.2. The Hall–Kier alpha value is -1.16. The van der Waals surface area contributed by atoms with Crippen molar-refractivity contribution >= 4 is 23.4 Å². The van der Waals surface area contributed by atoms with Crippen molar-refractivity contribution in [3.05, 3.63) is 29.8 Å². The summed E-state index contributed by atoms with van der Waals surface area (Å²) in [6.07, 6.45) is 1.55. The van der Waals surface area contributed by atoms with Gasteiger partial charge in [-0.2, -0.15) is 11.8 Å². The fourth-order valence-corrected chi connectivity index (χ4v) is 3.34. The Morgan fingerprint density at radius 2 is 2.28 bits per heavy atom. The largest absolute Gasteiger partial charge is 0.398 e. The molecule has 1 heterocycles. The molecule has 1 fully saturated rings. The van der Waals surface area contributed by atoms with Gasteiger partial charge in [-0.15, -0.1) is 0 Å². The number of hydrogen-bond donors (Lipinski definition) is 1. The second kappa shape index (κ2) is 6.14. The van der Waals surface area contributed by atoms with E-state index in [1.807, 2.05) is 40.9 Å². The summed E-state index contributed by atoms with van der Waals surface area (Å²) in [6, 6.07) is 7.61. The zero-order valence-corrected chi connectivity index (χ0v) is 11.6. The number of hydrogen-bond acceptors (Lipinski definition) is 3. The normalized spacial score (nSPS) is 19.8. The number of para-hydroxylation sites is 1. The van der Waals surface area contributed by atoms with Crippen LogP contribution in [0.2, 0.25) is 0 Å². The topological polar surface area (TPSA) is 46.3 Å². The van der Waals surface area contributed by atoms with Crippen molar-refractivity contribution in [2.75, 3.05) is 24.6 Å². The average Bonchev–Trinajstić information content (AvgIpc) is 2.41. The SMILES string of the molecule is CCC1CN(C(=O)Cc2ccccc2N)CCS1. The molecule has 1 unspecified atom stereocenters. The van der Waals surface area contributed by atoms with Crippen molar-refractivity contribution in [1.29, 1.82) is 0 Å². The van der Waals surface area contributed by atoms with Crippen molar-refractivity contribution in [1.82, 2.24) is 4.90 Å². The van der Waals surface area contributed by atoms with Gasteiger partial charge in [0, 0.05) is 29.8 Å². The smallest absolute Gasteiger partial charge is 0.227 e. The molecule has 0 aromatic heterocycles. The monoisotopic (exact) mass is 264 g/mol. The number of anilines is 1. The lowest BCUT2D eigenvalue weighted by atomic mass is 10.1. The first-order valence-corrected chi connectivity index (χ1v) is 7.48. The molecule has 1 saturated heterocycles. The van der Waals surface area contributed by atoms with E-state index >= 15 is 0 Å². The molecule has 4 heteroatoms. The highest BCUT2D eigenvalue weighted by Crippen LogP contribution is 2.22. The molecule has 1 aromatic rings. The fourth-order valence-electron chi connectivity index (χ4n) is 2.16. The van der Waals surface area contributed by atoms with Crippen LogP contribution < -0.4 is 5.73 Å². The van der Waals surface area contributed by atoms with E-state index in [-0.39, 0.29) is 5.91 Å². The molecule has 2 N–H and O–H groups in total. The quantitative estimate of drug-likeness (QED) is 0.851. The molecule has 0 bridgehead atoms. The highest BCUT2D eigenvalue weighted by Gasteiger charge is 2.23. The number of thioether (sulfide) groups is 1. The highest BCUT2D eigenvalue weighted by atomic mass is 32.2. The van der Waals surface area contributed by atoms with Gasteiger partial charge in [-0.05, 0) is 18.1 Å². The summed E-state index contributed by atoms with van der Waals surface area (Å²) in [5, 5.41) is 0.593. The second-order valence-electron chi connectivity index (χ2n) is 4.62. The number of amides is 1. The van der Waals surface area contributed by atoms with Crippen LogP contribution in [0.1, 0.15) is 18.9 Å². The minimum atomic E-state index is 0.201. The van der Waals surface area contributed by atoms with E-state index < -0.39 is 0 Å². The van der Waals surface area contributed by atoms with Crippen LogP contribution in [-0.2, 0) is 11.2 Å². The van der Waals surface area contributed by atoms with E-state index in [1.54, 1.807) is 0 Å². The summed E-state index contributed by atoms with van der Waals surface area (Å²) >= 11 is 1.98. The van der Waals surface area contributed by atoms with Crippen LogP contribution in [-0.4, -0.2) is 34.9 Å². The number of nitrogens with zero attached hydrogens (tertiary/aromatic N) is 1. The molecule has 1 amide bonds. The van der Waals surface area contributed by atoms with Crippen LogP contribution in [0.15, 0.2) is 24.3 Å². The van der Waals surface area contributed by atoms with Gasteiger partial charge in [-0.3, -0.25) is 4.79 Å². The van der Waals surface area contributed by atoms with Gasteiger partial charge >= 0.3 is 0 Å². The Morgan fingerprint density at radius 1 is 1.50 bits per heavy atom. The molecule has 1 aliphatic rings. The highest BCUT2D eigenvalue weighted by molar-refractivity contribution is 8.00. The maximum Gasteiger partial charge on any atom is 0.227 e.